The van der Waals surface area contributed by atoms with Gasteiger partial charge in [0.1, 0.15) is 11.7 Å². The lowest BCUT2D eigenvalue weighted by atomic mass is 10.2. The zero-order valence-electron chi connectivity index (χ0n) is 13.9. The van der Waals surface area contributed by atoms with Crippen molar-refractivity contribution in [2.24, 2.45) is 4.99 Å². The van der Waals surface area contributed by atoms with Crippen LogP contribution in [0.25, 0.3) is 0 Å². The largest absolute Gasteiger partial charge is 0.325 e. The number of nitrogens with zero attached hydrogens (tertiary/aromatic N) is 2. The Morgan fingerprint density at radius 3 is 2.67 bits per heavy atom. The molecule has 0 saturated carbocycles. The standard InChI is InChI=1S/C18H14ClFN4O2S/c19-13-3-1-2-4-14(13)24-15(21)9-16(25)23-18(24)27-10-17(26)22-12-7-5-11(20)6-8-12/h1-8,21H,9-10H2,(H,22,26). The van der Waals surface area contributed by atoms with Gasteiger partial charge in [-0.05, 0) is 36.4 Å². The van der Waals surface area contributed by atoms with Crippen LogP contribution in [0.1, 0.15) is 6.42 Å². The molecule has 0 saturated heterocycles. The van der Waals surface area contributed by atoms with Crippen molar-refractivity contribution in [2.45, 2.75) is 6.42 Å². The van der Waals surface area contributed by atoms with Crippen LogP contribution in [0.15, 0.2) is 53.5 Å². The van der Waals surface area contributed by atoms with Crippen LogP contribution in [0.3, 0.4) is 0 Å². The number of carbonyl (C=O) groups is 2. The van der Waals surface area contributed by atoms with Crippen LogP contribution in [-0.2, 0) is 9.59 Å². The second kappa shape index (κ2) is 8.32. The molecular weight excluding hydrogens is 391 g/mol. The van der Waals surface area contributed by atoms with E-state index in [-0.39, 0.29) is 29.1 Å². The van der Waals surface area contributed by atoms with Gasteiger partial charge >= 0.3 is 0 Å². The molecular formula is C18H14ClFN4O2S. The Hall–Kier alpha value is -2.71. The van der Waals surface area contributed by atoms with Crippen molar-refractivity contribution in [3.05, 3.63) is 59.4 Å². The number of rotatable bonds is 4. The van der Waals surface area contributed by atoms with E-state index >= 15 is 0 Å². The number of carbonyl (C=O) groups excluding carboxylic acids is 2. The molecule has 0 atom stereocenters. The third-order valence-corrected chi connectivity index (χ3v) is 4.81. The number of nitrogens with one attached hydrogen (secondary N) is 2. The van der Waals surface area contributed by atoms with Crippen LogP contribution in [-0.4, -0.2) is 28.6 Å². The highest BCUT2D eigenvalue weighted by Gasteiger charge is 2.28. The molecule has 3 rings (SSSR count). The maximum Gasteiger partial charge on any atom is 0.255 e. The van der Waals surface area contributed by atoms with Gasteiger partial charge in [0.15, 0.2) is 5.17 Å². The van der Waals surface area contributed by atoms with Gasteiger partial charge in [-0.2, -0.15) is 4.99 Å². The molecule has 9 heteroatoms. The summed E-state index contributed by atoms with van der Waals surface area (Å²) >= 11 is 7.23. The minimum absolute atomic E-state index is 0.0320. The molecule has 1 aliphatic rings. The molecule has 6 nitrogen and oxygen atoms in total. The normalized spacial score (nSPS) is 14.1. The SMILES string of the molecule is N=C1CC(=O)N=C(SCC(=O)Nc2ccc(F)cc2)N1c1ccccc1Cl. The number of aliphatic imine (C=N–C) groups is 1. The molecule has 27 heavy (non-hydrogen) atoms. The summed E-state index contributed by atoms with van der Waals surface area (Å²) in [6, 6.07) is 12.3. The van der Waals surface area contributed by atoms with Crippen molar-refractivity contribution in [1.29, 1.82) is 5.41 Å². The average Bonchev–Trinajstić information content (AvgIpc) is 2.63. The lowest BCUT2D eigenvalue weighted by Gasteiger charge is -2.29. The van der Waals surface area contributed by atoms with Gasteiger partial charge in [-0.3, -0.25) is 19.9 Å². The molecule has 0 spiro atoms. The topological polar surface area (TPSA) is 85.6 Å². The number of para-hydroxylation sites is 1. The Bertz CT molecular complexity index is 933. The molecule has 0 bridgehead atoms. The van der Waals surface area contributed by atoms with E-state index in [1.807, 2.05) is 0 Å². The fourth-order valence-electron chi connectivity index (χ4n) is 2.37. The number of amides is 2. The first-order chi connectivity index (χ1) is 12.9. The molecule has 2 aromatic rings. The highest BCUT2D eigenvalue weighted by Crippen LogP contribution is 2.30. The Balaban J connectivity index is 1.73. The number of halogens is 2. The Morgan fingerprint density at radius 1 is 1.26 bits per heavy atom. The summed E-state index contributed by atoms with van der Waals surface area (Å²) in [5, 5.41) is 11.4. The molecule has 1 aliphatic heterocycles. The number of anilines is 2. The van der Waals surface area contributed by atoms with Gasteiger partial charge in [-0.15, -0.1) is 0 Å². The molecule has 0 aromatic heterocycles. The van der Waals surface area contributed by atoms with E-state index in [1.54, 1.807) is 24.3 Å². The van der Waals surface area contributed by atoms with Crippen LogP contribution in [0.2, 0.25) is 5.02 Å². The lowest BCUT2D eigenvalue weighted by molar-refractivity contribution is -0.117. The van der Waals surface area contributed by atoms with Gasteiger partial charge in [0.2, 0.25) is 5.91 Å². The third kappa shape index (κ3) is 4.72. The summed E-state index contributed by atoms with van der Waals surface area (Å²) in [6.45, 7) is 0. The molecule has 0 aliphatic carbocycles. The molecule has 2 N–H and O–H groups in total. The van der Waals surface area contributed by atoms with Crippen LogP contribution in [0, 0.1) is 11.2 Å². The van der Waals surface area contributed by atoms with E-state index in [4.69, 9.17) is 17.0 Å². The highest BCUT2D eigenvalue weighted by atomic mass is 35.5. The minimum atomic E-state index is -0.454. The van der Waals surface area contributed by atoms with Gasteiger partial charge in [-0.1, -0.05) is 35.5 Å². The molecule has 0 radical (unpaired) electrons. The first-order valence-corrected chi connectivity index (χ1v) is 9.22. The van der Waals surface area contributed by atoms with E-state index in [0.717, 1.165) is 11.8 Å². The van der Waals surface area contributed by atoms with Crippen LogP contribution >= 0.6 is 23.4 Å². The van der Waals surface area contributed by atoms with Crippen molar-refractivity contribution >= 4 is 57.6 Å². The third-order valence-electron chi connectivity index (χ3n) is 3.55. The molecule has 1 heterocycles. The highest BCUT2D eigenvalue weighted by molar-refractivity contribution is 8.14. The van der Waals surface area contributed by atoms with Crippen LogP contribution < -0.4 is 10.2 Å². The monoisotopic (exact) mass is 404 g/mol. The zero-order chi connectivity index (χ0) is 19.4. The summed E-state index contributed by atoms with van der Waals surface area (Å²) in [7, 11) is 0. The van der Waals surface area contributed by atoms with E-state index in [2.05, 4.69) is 10.3 Å². The first kappa shape index (κ1) is 19.1. The van der Waals surface area contributed by atoms with Gasteiger partial charge in [-0.25, -0.2) is 4.39 Å². The van der Waals surface area contributed by atoms with E-state index in [0.29, 0.717) is 16.4 Å². The number of hydrogen-bond donors (Lipinski definition) is 2. The van der Waals surface area contributed by atoms with Crippen molar-refractivity contribution in [3.63, 3.8) is 0 Å². The second-order valence-electron chi connectivity index (χ2n) is 5.54. The smallest absolute Gasteiger partial charge is 0.255 e. The number of hydrogen-bond acceptors (Lipinski definition) is 4. The maximum atomic E-state index is 12.9. The lowest BCUT2D eigenvalue weighted by Crippen LogP contribution is -2.40. The first-order valence-electron chi connectivity index (χ1n) is 7.86. The summed E-state index contributed by atoms with van der Waals surface area (Å²) in [5.74, 6) is -1.21. The summed E-state index contributed by atoms with van der Waals surface area (Å²) in [6.07, 6.45) is -0.142. The predicted octanol–water partition coefficient (Wildman–Crippen LogP) is 3.92. The van der Waals surface area contributed by atoms with E-state index in [1.165, 1.54) is 29.2 Å². The van der Waals surface area contributed by atoms with Crippen LogP contribution in [0.4, 0.5) is 15.8 Å². The van der Waals surface area contributed by atoms with Crippen molar-refractivity contribution in [1.82, 2.24) is 0 Å². The number of benzene rings is 2. The van der Waals surface area contributed by atoms with Gasteiger partial charge in [0.25, 0.3) is 5.91 Å². The summed E-state index contributed by atoms with van der Waals surface area (Å²) in [4.78, 5) is 29.3. The Morgan fingerprint density at radius 2 is 1.96 bits per heavy atom. The van der Waals surface area contributed by atoms with Gasteiger partial charge < -0.3 is 5.32 Å². The molecule has 2 aromatic carbocycles. The predicted molar refractivity (Wildman–Crippen MR) is 106 cm³/mol. The minimum Gasteiger partial charge on any atom is -0.325 e. The van der Waals surface area contributed by atoms with Crippen molar-refractivity contribution in [2.75, 3.05) is 16.0 Å². The van der Waals surface area contributed by atoms with Gasteiger partial charge in [0.05, 0.1) is 22.9 Å². The zero-order valence-corrected chi connectivity index (χ0v) is 15.5. The number of thioether (sulfide) groups is 1. The average molecular weight is 405 g/mol. The maximum absolute atomic E-state index is 12.9. The summed E-state index contributed by atoms with van der Waals surface area (Å²) in [5.41, 5.74) is 0.973. The van der Waals surface area contributed by atoms with Crippen molar-refractivity contribution in [3.8, 4) is 0 Å². The van der Waals surface area contributed by atoms with Crippen LogP contribution in [0.5, 0.6) is 0 Å². The van der Waals surface area contributed by atoms with E-state index in [9.17, 15) is 14.0 Å². The molecule has 2 amide bonds. The fourth-order valence-corrected chi connectivity index (χ4v) is 3.43. The second-order valence-corrected chi connectivity index (χ2v) is 6.89. The number of amidine groups is 2. The Kier molecular flexibility index (Phi) is 5.88. The molecule has 0 unspecified atom stereocenters. The van der Waals surface area contributed by atoms with Gasteiger partial charge in [0, 0.05) is 5.69 Å². The van der Waals surface area contributed by atoms with Crippen molar-refractivity contribution < 1.29 is 14.0 Å². The Labute approximate surface area is 163 Å². The molecule has 138 valence electrons. The quantitative estimate of drug-likeness (QED) is 0.808. The molecule has 0 fully saturated rings. The summed E-state index contributed by atoms with van der Waals surface area (Å²) < 4.78 is 12.9. The van der Waals surface area contributed by atoms with E-state index < -0.39 is 11.7 Å². The fraction of sp³-hybridized carbons (Fsp3) is 0.111.